The van der Waals surface area contributed by atoms with Crippen molar-refractivity contribution in [1.82, 2.24) is 15.0 Å². The van der Waals surface area contributed by atoms with Gasteiger partial charge in [0.2, 0.25) is 0 Å². The average Bonchev–Trinajstić information content (AvgIpc) is 3.10. The molecule has 0 spiro atoms. The zero-order chi connectivity index (χ0) is 17.4. The summed E-state index contributed by atoms with van der Waals surface area (Å²) >= 11 is 0. The Morgan fingerprint density at radius 3 is 2.60 bits per heavy atom. The van der Waals surface area contributed by atoms with Crippen molar-refractivity contribution >= 4 is 22.5 Å². The first-order chi connectivity index (χ1) is 12.1. The topological polar surface area (TPSA) is 57.3 Å². The molecule has 1 saturated heterocycles. The number of piperazine rings is 1. The molecule has 3 heterocycles. The summed E-state index contributed by atoms with van der Waals surface area (Å²) in [5.74, 6) is 1.89. The molecule has 25 heavy (non-hydrogen) atoms. The number of anilines is 2. The molecule has 0 atom stereocenters. The number of aromatic amines is 1. The van der Waals surface area contributed by atoms with Crippen molar-refractivity contribution in [2.24, 2.45) is 0 Å². The van der Waals surface area contributed by atoms with Gasteiger partial charge >= 0.3 is 0 Å². The van der Waals surface area contributed by atoms with Crippen molar-refractivity contribution in [3.63, 3.8) is 0 Å². The van der Waals surface area contributed by atoms with Crippen LogP contribution in [0.4, 0.5) is 11.5 Å². The molecule has 1 N–H and O–H groups in total. The van der Waals surface area contributed by atoms with Crippen molar-refractivity contribution in [3.8, 4) is 5.75 Å². The SMILES string of the molecule is COc1ccc(N2CCN(c3ncnc4[nH]ccc34)CC2(C)C)cc1. The maximum Gasteiger partial charge on any atom is 0.142 e. The Balaban J connectivity index is 1.60. The molecule has 1 aliphatic rings. The second kappa shape index (κ2) is 5.95. The largest absolute Gasteiger partial charge is 0.497 e. The van der Waals surface area contributed by atoms with Crippen LogP contribution in [-0.4, -0.2) is 47.2 Å². The van der Waals surface area contributed by atoms with Gasteiger partial charge in [-0.25, -0.2) is 9.97 Å². The molecule has 0 unspecified atom stereocenters. The highest BCUT2D eigenvalue weighted by molar-refractivity contribution is 5.87. The van der Waals surface area contributed by atoms with Crippen molar-refractivity contribution in [2.45, 2.75) is 19.4 Å². The third-order valence-electron chi connectivity index (χ3n) is 4.92. The minimum atomic E-state index is -0.0135. The fraction of sp³-hybridized carbons (Fsp3) is 0.368. The number of rotatable bonds is 3. The zero-order valence-corrected chi connectivity index (χ0v) is 14.9. The van der Waals surface area contributed by atoms with Gasteiger partial charge in [-0.3, -0.25) is 0 Å². The van der Waals surface area contributed by atoms with Gasteiger partial charge in [0.1, 0.15) is 23.5 Å². The number of H-pyrrole nitrogens is 1. The second-order valence-corrected chi connectivity index (χ2v) is 7.02. The standard InChI is InChI=1S/C19H23N5O/c1-19(2)12-23(18-16-8-9-20-17(16)21-13-22-18)10-11-24(19)14-4-6-15(25-3)7-5-14/h4-9,13H,10-12H2,1-3H3,(H,20,21,22). The van der Waals surface area contributed by atoms with Gasteiger partial charge < -0.3 is 19.5 Å². The minimum absolute atomic E-state index is 0.0135. The van der Waals surface area contributed by atoms with Crippen molar-refractivity contribution < 1.29 is 4.74 Å². The molecule has 130 valence electrons. The molecule has 3 aromatic rings. The molecule has 0 saturated carbocycles. The summed E-state index contributed by atoms with van der Waals surface area (Å²) in [6.45, 7) is 7.32. The summed E-state index contributed by atoms with van der Waals surface area (Å²) in [5, 5.41) is 1.08. The predicted molar refractivity (Wildman–Crippen MR) is 101 cm³/mol. The number of fused-ring (bicyclic) bond motifs is 1. The van der Waals surface area contributed by atoms with E-state index in [1.54, 1.807) is 13.4 Å². The third kappa shape index (κ3) is 2.77. The van der Waals surface area contributed by atoms with E-state index in [1.807, 2.05) is 24.4 Å². The summed E-state index contributed by atoms with van der Waals surface area (Å²) in [5.41, 5.74) is 2.10. The van der Waals surface area contributed by atoms with E-state index in [9.17, 15) is 0 Å². The fourth-order valence-corrected chi connectivity index (χ4v) is 3.69. The lowest BCUT2D eigenvalue weighted by Crippen LogP contribution is -2.60. The number of hydrogen-bond acceptors (Lipinski definition) is 5. The molecular formula is C19H23N5O. The van der Waals surface area contributed by atoms with Crippen LogP contribution in [0.25, 0.3) is 11.0 Å². The normalized spacial score (nSPS) is 17.1. The Morgan fingerprint density at radius 1 is 1.08 bits per heavy atom. The zero-order valence-electron chi connectivity index (χ0n) is 14.9. The van der Waals surface area contributed by atoms with E-state index in [4.69, 9.17) is 4.74 Å². The number of aromatic nitrogens is 3. The minimum Gasteiger partial charge on any atom is -0.497 e. The van der Waals surface area contributed by atoms with E-state index >= 15 is 0 Å². The first-order valence-corrected chi connectivity index (χ1v) is 8.53. The van der Waals surface area contributed by atoms with Crippen LogP contribution in [0.5, 0.6) is 5.75 Å². The van der Waals surface area contributed by atoms with Crippen LogP contribution in [0.3, 0.4) is 0 Å². The van der Waals surface area contributed by atoms with Crippen LogP contribution in [0, 0.1) is 0 Å². The quantitative estimate of drug-likeness (QED) is 0.796. The maximum absolute atomic E-state index is 5.27. The Labute approximate surface area is 147 Å². The van der Waals surface area contributed by atoms with Crippen LogP contribution in [0.1, 0.15) is 13.8 Å². The van der Waals surface area contributed by atoms with Gasteiger partial charge in [-0.1, -0.05) is 0 Å². The molecule has 6 nitrogen and oxygen atoms in total. The number of nitrogens with zero attached hydrogens (tertiary/aromatic N) is 4. The molecule has 1 aliphatic heterocycles. The van der Waals surface area contributed by atoms with Crippen LogP contribution in [0.2, 0.25) is 0 Å². The van der Waals surface area contributed by atoms with Gasteiger partial charge in [0.15, 0.2) is 0 Å². The van der Waals surface area contributed by atoms with Gasteiger partial charge in [-0.05, 0) is 44.2 Å². The lowest BCUT2D eigenvalue weighted by molar-refractivity contribution is 0.409. The second-order valence-electron chi connectivity index (χ2n) is 7.02. The van der Waals surface area contributed by atoms with Gasteiger partial charge in [-0.15, -0.1) is 0 Å². The first-order valence-electron chi connectivity index (χ1n) is 8.53. The van der Waals surface area contributed by atoms with Crippen LogP contribution >= 0.6 is 0 Å². The van der Waals surface area contributed by atoms with Gasteiger partial charge in [0, 0.05) is 31.5 Å². The molecular weight excluding hydrogens is 314 g/mol. The highest BCUT2D eigenvalue weighted by Gasteiger charge is 2.35. The summed E-state index contributed by atoms with van der Waals surface area (Å²) in [6, 6.07) is 10.3. The van der Waals surface area contributed by atoms with Crippen molar-refractivity contribution in [3.05, 3.63) is 42.9 Å². The van der Waals surface area contributed by atoms with Gasteiger partial charge in [-0.2, -0.15) is 0 Å². The lowest BCUT2D eigenvalue weighted by atomic mass is 9.97. The summed E-state index contributed by atoms with van der Waals surface area (Å²) in [6.07, 6.45) is 3.55. The highest BCUT2D eigenvalue weighted by atomic mass is 16.5. The third-order valence-corrected chi connectivity index (χ3v) is 4.92. The Morgan fingerprint density at radius 2 is 1.88 bits per heavy atom. The van der Waals surface area contributed by atoms with Gasteiger partial charge in [0.25, 0.3) is 0 Å². The van der Waals surface area contributed by atoms with Crippen LogP contribution in [0.15, 0.2) is 42.9 Å². The summed E-state index contributed by atoms with van der Waals surface area (Å²) in [4.78, 5) is 16.8. The molecule has 0 amide bonds. The molecule has 1 aromatic carbocycles. The number of methoxy groups -OCH3 is 1. The van der Waals surface area contributed by atoms with Crippen LogP contribution in [-0.2, 0) is 0 Å². The Bertz CT molecular complexity index is 871. The molecule has 6 heteroatoms. The van der Waals surface area contributed by atoms with Crippen molar-refractivity contribution in [2.75, 3.05) is 36.5 Å². The van der Waals surface area contributed by atoms with E-state index in [-0.39, 0.29) is 5.54 Å². The predicted octanol–water partition coefficient (Wildman–Crippen LogP) is 3.07. The highest BCUT2D eigenvalue weighted by Crippen LogP contribution is 2.32. The Kier molecular flexibility index (Phi) is 3.75. The lowest BCUT2D eigenvalue weighted by Gasteiger charge is -2.49. The molecule has 0 radical (unpaired) electrons. The van der Waals surface area contributed by atoms with E-state index in [2.05, 4.69) is 50.7 Å². The number of benzene rings is 1. The van der Waals surface area contributed by atoms with E-state index in [1.165, 1.54) is 5.69 Å². The van der Waals surface area contributed by atoms with Crippen molar-refractivity contribution in [1.29, 1.82) is 0 Å². The molecule has 1 fully saturated rings. The number of ether oxygens (including phenoxy) is 1. The number of hydrogen-bond donors (Lipinski definition) is 1. The van der Waals surface area contributed by atoms with Crippen LogP contribution < -0.4 is 14.5 Å². The molecule has 4 rings (SSSR count). The summed E-state index contributed by atoms with van der Waals surface area (Å²) < 4.78 is 5.27. The molecule has 0 bridgehead atoms. The summed E-state index contributed by atoms with van der Waals surface area (Å²) in [7, 11) is 1.70. The molecule has 0 aliphatic carbocycles. The average molecular weight is 337 g/mol. The van der Waals surface area contributed by atoms with E-state index < -0.39 is 0 Å². The Hall–Kier alpha value is -2.76. The van der Waals surface area contributed by atoms with E-state index in [0.29, 0.717) is 0 Å². The monoisotopic (exact) mass is 337 g/mol. The van der Waals surface area contributed by atoms with E-state index in [0.717, 1.165) is 42.2 Å². The molecule has 2 aromatic heterocycles. The maximum atomic E-state index is 5.27. The number of nitrogens with one attached hydrogen (secondary N) is 1. The van der Waals surface area contributed by atoms with Gasteiger partial charge in [0.05, 0.1) is 18.0 Å². The fourth-order valence-electron chi connectivity index (χ4n) is 3.69. The first kappa shape index (κ1) is 15.7. The smallest absolute Gasteiger partial charge is 0.142 e.